The molecular weight excluding hydrogens is 184 g/mol. The van der Waals surface area contributed by atoms with Crippen LogP contribution in [0.2, 0.25) is 0 Å². The van der Waals surface area contributed by atoms with Crippen LogP contribution in [-0.2, 0) is 0 Å². The van der Waals surface area contributed by atoms with Gasteiger partial charge in [-0.25, -0.2) is 0 Å². The molecule has 0 heterocycles. The summed E-state index contributed by atoms with van der Waals surface area (Å²) in [7, 11) is 8.15. The van der Waals surface area contributed by atoms with Crippen LogP contribution in [0.4, 0.5) is 0 Å². The average Bonchev–Trinajstić information content (AvgIpc) is 2.17. The lowest BCUT2D eigenvalue weighted by Crippen LogP contribution is -2.09. The zero-order valence-electron chi connectivity index (χ0n) is 7.88. The highest BCUT2D eigenvalue weighted by molar-refractivity contribution is 6.34. The summed E-state index contributed by atoms with van der Waals surface area (Å²) >= 11 is 0. The summed E-state index contributed by atoms with van der Waals surface area (Å²) < 4.78 is 15.4. The molecule has 0 unspecified atom stereocenters. The van der Waals surface area contributed by atoms with E-state index >= 15 is 0 Å². The maximum atomic E-state index is 5.16. The molecule has 0 aliphatic carbocycles. The zero-order chi connectivity index (χ0) is 9.84. The predicted octanol–water partition coefficient (Wildman–Crippen LogP) is 0.506. The predicted molar refractivity (Wildman–Crippen MR) is 51.5 cm³/mol. The first-order valence-electron chi connectivity index (χ1n) is 3.75. The van der Waals surface area contributed by atoms with Gasteiger partial charge in [0.15, 0.2) is 11.5 Å². The third-order valence-corrected chi connectivity index (χ3v) is 2.10. The van der Waals surface area contributed by atoms with E-state index in [-0.39, 0.29) is 0 Å². The van der Waals surface area contributed by atoms with Crippen LogP contribution in [0.25, 0.3) is 0 Å². The van der Waals surface area contributed by atoms with Gasteiger partial charge in [0, 0.05) is 0 Å². The van der Waals surface area contributed by atoms with E-state index in [1.54, 1.807) is 21.3 Å². The Kier molecular flexibility index (Phi) is 3.19. The Labute approximate surface area is 81.0 Å². The summed E-state index contributed by atoms with van der Waals surface area (Å²) in [5, 5.41) is 0.833. The summed E-state index contributed by atoms with van der Waals surface area (Å²) in [5.74, 6) is 1.89. The van der Waals surface area contributed by atoms with Crippen molar-refractivity contribution in [1.82, 2.24) is 0 Å². The van der Waals surface area contributed by atoms with Gasteiger partial charge in [-0.3, -0.25) is 0 Å². The minimum Gasteiger partial charge on any atom is -0.493 e. The first-order chi connectivity index (χ1) is 6.24. The molecule has 0 atom stereocenters. The van der Waals surface area contributed by atoms with Gasteiger partial charge < -0.3 is 14.2 Å². The Morgan fingerprint density at radius 3 is 2.00 bits per heavy atom. The van der Waals surface area contributed by atoms with Crippen molar-refractivity contribution < 1.29 is 14.2 Å². The van der Waals surface area contributed by atoms with Crippen molar-refractivity contribution in [1.29, 1.82) is 0 Å². The van der Waals surface area contributed by atoms with Crippen LogP contribution < -0.4 is 19.4 Å². The van der Waals surface area contributed by atoms with Crippen LogP contribution in [0.3, 0.4) is 0 Å². The largest absolute Gasteiger partial charge is 0.493 e. The molecule has 69 valence electrons. The van der Waals surface area contributed by atoms with Gasteiger partial charge in [0.05, 0.1) is 31.6 Å². The van der Waals surface area contributed by atoms with Crippen molar-refractivity contribution in [2.24, 2.45) is 0 Å². The van der Waals surface area contributed by atoms with E-state index in [4.69, 9.17) is 14.2 Å². The Bertz CT molecular complexity index is 299. The summed E-state index contributed by atoms with van der Waals surface area (Å²) in [6.07, 6.45) is 0. The molecular formula is C9H11O3Si. The van der Waals surface area contributed by atoms with Crippen LogP contribution >= 0.6 is 0 Å². The number of hydrogen-bond donors (Lipinski definition) is 0. The van der Waals surface area contributed by atoms with Crippen molar-refractivity contribution in [3.8, 4) is 17.2 Å². The first kappa shape index (κ1) is 9.92. The Morgan fingerprint density at radius 2 is 1.54 bits per heavy atom. The van der Waals surface area contributed by atoms with Crippen LogP contribution in [-0.4, -0.2) is 31.6 Å². The highest BCUT2D eigenvalue weighted by Gasteiger charge is 2.12. The van der Waals surface area contributed by atoms with Crippen LogP contribution in [0.15, 0.2) is 12.1 Å². The van der Waals surface area contributed by atoms with Gasteiger partial charge in [-0.1, -0.05) is 6.07 Å². The third kappa shape index (κ3) is 1.77. The van der Waals surface area contributed by atoms with Crippen LogP contribution in [0.5, 0.6) is 17.2 Å². The molecule has 0 fully saturated rings. The van der Waals surface area contributed by atoms with Gasteiger partial charge in [0.1, 0.15) is 0 Å². The van der Waals surface area contributed by atoms with Crippen molar-refractivity contribution >= 4 is 15.4 Å². The monoisotopic (exact) mass is 195 g/mol. The molecule has 0 N–H and O–H groups in total. The van der Waals surface area contributed by atoms with E-state index < -0.39 is 0 Å². The van der Waals surface area contributed by atoms with E-state index in [1.165, 1.54) is 0 Å². The second kappa shape index (κ2) is 4.18. The van der Waals surface area contributed by atoms with Crippen LogP contribution in [0, 0.1) is 0 Å². The molecule has 3 nitrogen and oxygen atoms in total. The smallest absolute Gasteiger partial charge is 0.203 e. The molecule has 0 aliphatic heterocycles. The van der Waals surface area contributed by atoms with Gasteiger partial charge in [0.25, 0.3) is 0 Å². The highest BCUT2D eigenvalue weighted by atomic mass is 28.1. The first-order valence-corrected chi connectivity index (χ1v) is 4.25. The molecule has 0 amide bonds. The molecule has 0 spiro atoms. The third-order valence-electron chi connectivity index (χ3n) is 1.70. The molecule has 13 heavy (non-hydrogen) atoms. The maximum Gasteiger partial charge on any atom is 0.203 e. The Balaban J connectivity index is 3.27. The summed E-state index contributed by atoms with van der Waals surface area (Å²) in [6.45, 7) is 0. The molecule has 0 aliphatic rings. The van der Waals surface area contributed by atoms with Crippen molar-refractivity contribution in [3.63, 3.8) is 0 Å². The van der Waals surface area contributed by atoms with Crippen molar-refractivity contribution in [2.75, 3.05) is 21.3 Å². The highest BCUT2D eigenvalue weighted by Crippen LogP contribution is 2.34. The molecule has 0 saturated heterocycles. The fourth-order valence-electron chi connectivity index (χ4n) is 1.10. The lowest BCUT2D eigenvalue weighted by molar-refractivity contribution is 0.326. The van der Waals surface area contributed by atoms with E-state index in [0.29, 0.717) is 17.2 Å². The second-order valence-corrected chi connectivity index (χ2v) is 2.92. The number of methoxy groups -OCH3 is 3. The maximum absolute atomic E-state index is 5.16. The van der Waals surface area contributed by atoms with Gasteiger partial charge in [-0.2, -0.15) is 0 Å². The quantitative estimate of drug-likeness (QED) is 0.658. The molecule has 0 bridgehead atoms. The second-order valence-electron chi connectivity index (χ2n) is 2.38. The molecule has 4 heteroatoms. The van der Waals surface area contributed by atoms with E-state index in [1.807, 2.05) is 12.1 Å². The molecule has 0 saturated carbocycles. The van der Waals surface area contributed by atoms with Gasteiger partial charge >= 0.3 is 0 Å². The molecule has 1 rings (SSSR count). The minimum absolute atomic E-state index is 0.595. The Morgan fingerprint density at radius 1 is 0.923 bits per heavy atom. The number of hydrogen-bond acceptors (Lipinski definition) is 3. The average molecular weight is 195 g/mol. The fraction of sp³-hybridized carbons (Fsp3) is 0.333. The number of ether oxygens (including phenoxy) is 3. The molecule has 0 aromatic heterocycles. The minimum atomic E-state index is 0.595. The van der Waals surface area contributed by atoms with E-state index in [0.717, 1.165) is 5.19 Å². The van der Waals surface area contributed by atoms with Gasteiger partial charge in [-0.05, 0) is 11.3 Å². The standard InChI is InChI=1S/C9H11O3Si/c1-10-6-4-5-7(13)9(12-3)8(6)11-2/h4-5H,1-3H3. The molecule has 3 radical (unpaired) electrons. The summed E-state index contributed by atoms with van der Waals surface area (Å²) in [6, 6.07) is 3.65. The topological polar surface area (TPSA) is 27.7 Å². The zero-order valence-corrected chi connectivity index (χ0v) is 8.88. The Hall–Kier alpha value is -1.16. The van der Waals surface area contributed by atoms with Crippen molar-refractivity contribution in [2.45, 2.75) is 0 Å². The van der Waals surface area contributed by atoms with E-state index in [9.17, 15) is 0 Å². The molecule has 1 aromatic carbocycles. The van der Waals surface area contributed by atoms with Gasteiger partial charge in [0.2, 0.25) is 5.75 Å². The van der Waals surface area contributed by atoms with Gasteiger partial charge in [-0.15, -0.1) is 0 Å². The number of benzene rings is 1. The van der Waals surface area contributed by atoms with E-state index in [2.05, 4.69) is 10.2 Å². The van der Waals surface area contributed by atoms with Crippen molar-refractivity contribution in [3.05, 3.63) is 12.1 Å². The lowest BCUT2D eigenvalue weighted by Gasteiger charge is -2.13. The number of rotatable bonds is 3. The summed E-state index contributed by atoms with van der Waals surface area (Å²) in [5.41, 5.74) is 0. The normalized spacial score (nSPS) is 9.54. The summed E-state index contributed by atoms with van der Waals surface area (Å²) in [4.78, 5) is 0. The van der Waals surface area contributed by atoms with Crippen LogP contribution in [0.1, 0.15) is 0 Å². The lowest BCUT2D eigenvalue weighted by atomic mass is 10.3. The SMILES string of the molecule is COc1ccc([Si])c(OC)c1OC. The molecule has 1 aromatic rings. The fourth-order valence-corrected chi connectivity index (χ4v) is 1.40.